The summed E-state index contributed by atoms with van der Waals surface area (Å²) in [4.78, 5) is 0.193. The van der Waals surface area contributed by atoms with Crippen LogP contribution in [-0.2, 0) is 30.0 Å². The molecule has 2 aromatic heterocycles. The molecule has 4 rings (SSSR count). The van der Waals surface area contributed by atoms with Crippen LogP contribution < -0.4 is 5.32 Å². The van der Waals surface area contributed by atoms with E-state index < -0.39 is 16.7 Å². The number of fused-ring (bicyclic) bond motifs is 2. The Balaban J connectivity index is 1.73. The second-order valence-electron chi connectivity index (χ2n) is 6.90. The van der Waals surface area contributed by atoms with Crippen molar-refractivity contribution in [2.24, 2.45) is 7.05 Å². The highest BCUT2D eigenvalue weighted by Gasteiger charge is 2.48. The maximum atomic E-state index is 13.2. The van der Waals surface area contributed by atoms with E-state index in [4.69, 9.17) is 4.74 Å². The molecule has 1 N–H and O–H groups in total. The van der Waals surface area contributed by atoms with Gasteiger partial charge in [0.25, 0.3) is 0 Å². The maximum absolute atomic E-state index is 13.2. The number of hydrogen-bond donors (Lipinski definition) is 1. The summed E-state index contributed by atoms with van der Waals surface area (Å²) in [5.74, 6) is 0. The molecule has 0 aromatic carbocycles. The molecule has 0 aliphatic carbocycles. The molecule has 2 aliphatic heterocycles. The molecule has 0 amide bonds. The number of hydrogen-bond acceptors (Lipinski definition) is 5. The highest BCUT2D eigenvalue weighted by molar-refractivity contribution is 7.12. The first-order chi connectivity index (χ1) is 11.8. The Bertz CT molecular complexity index is 787. The quantitative estimate of drug-likeness (QED) is 0.835. The Morgan fingerprint density at radius 1 is 1.40 bits per heavy atom. The summed E-state index contributed by atoms with van der Waals surface area (Å²) in [7, 11) is 1.79. The number of rotatable bonds is 1. The predicted octanol–water partition coefficient (Wildman–Crippen LogP) is 3.18. The molecule has 5 nitrogen and oxygen atoms in total. The Kier molecular flexibility index (Phi) is 3.93. The average Bonchev–Trinajstić information content (AvgIpc) is 3.13. The second-order valence-corrected chi connectivity index (χ2v) is 7.95. The third-order valence-corrected chi connectivity index (χ3v) is 6.29. The molecule has 4 heterocycles. The first kappa shape index (κ1) is 17.0. The Morgan fingerprint density at radius 2 is 2.20 bits per heavy atom. The van der Waals surface area contributed by atoms with E-state index in [-0.39, 0.29) is 12.1 Å². The highest BCUT2D eigenvalue weighted by Crippen LogP contribution is 2.51. The van der Waals surface area contributed by atoms with Gasteiger partial charge in [0.1, 0.15) is 10.5 Å². The van der Waals surface area contributed by atoms with E-state index in [0.29, 0.717) is 25.9 Å². The third-order valence-electron chi connectivity index (χ3n) is 4.88. The molecule has 2 aliphatic rings. The molecule has 0 bridgehead atoms. The Labute approximate surface area is 147 Å². The highest BCUT2D eigenvalue weighted by atomic mass is 32.1. The van der Waals surface area contributed by atoms with Gasteiger partial charge in [-0.25, -0.2) is 0 Å². The van der Waals surface area contributed by atoms with Gasteiger partial charge in [-0.2, -0.15) is 13.2 Å². The largest absolute Gasteiger partial charge is 0.425 e. The van der Waals surface area contributed by atoms with Crippen LogP contribution in [0.1, 0.15) is 46.8 Å². The number of piperidine rings is 1. The fraction of sp³-hybridized carbons (Fsp3) is 0.625. The van der Waals surface area contributed by atoms with Crippen LogP contribution >= 0.6 is 11.3 Å². The normalized spacial score (nSPS) is 29.8. The SMILES string of the molecule is C[C@H]1C[C@@]2(C[C@@H](c3cn(C)nn3)N1)OCCc1cc(C(F)(F)F)sc12. The van der Waals surface area contributed by atoms with Gasteiger partial charge >= 0.3 is 6.18 Å². The number of nitrogens with one attached hydrogen (secondary N) is 1. The smallest absolute Gasteiger partial charge is 0.369 e. The fourth-order valence-electron chi connectivity index (χ4n) is 3.95. The van der Waals surface area contributed by atoms with Gasteiger partial charge in [0.15, 0.2) is 0 Å². The van der Waals surface area contributed by atoms with E-state index in [0.717, 1.165) is 27.5 Å². The van der Waals surface area contributed by atoms with Gasteiger partial charge in [0, 0.05) is 30.6 Å². The molecule has 1 fully saturated rings. The summed E-state index contributed by atoms with van der Waals surface area (Å²) in [6.45, 7) is 2.47. The van der Waals surface area contributed by atoms with E-state index in [1.165, 1.54) is 6.07 Å². The lowest BCUT2D eigenvalue weighted by molar-refractivity contribution is -0.134. The monoisotopic (exact) mass is 372 g/mol. The van der Waals surface area contributed by atoms with Gasteiger partial charge in [-0.1, -0.05) is 5.21 Å². The van der Waals surface area contributed by atoms with Crippen LogP contribution in [0.3, 0.4) is 0 Å². The van der Waals surface area contributed by atoms with E-state index in [1.807, 2.05) is 13.1 Å². The van der Waals surface area contributed by atoms with Gasteiger partial charge in [0.2, 0.25) is 0 Å². The van der Waals surface area contributed by atoms with E-state index in [2.05, 4.69) is 15.6 Å². The van der Waals surface area contributed by atoms with Crippen molar-refractivity contribution in [3.8, 4) is 0 Å². The first-order valence-corrected chi connectivity index (χ1v) is 9.05. The van der Waals surface area contributed by atoms with Gasteiger partial charge in [-0.15, -0.1) is 16.4 Å². The van der Waals surface area contributed by atoms with Crippen molar-refractivity contribution in [2.75, 3.05) is 6.61 Å². The summed E-state index contributed by atoms with van der Waals surface area (Å²) >= 11 is 0.833. The van der Waals surface area contributed by atoms with Gasteiger partial charge in [-0.3, -0.25) is 4.68 Å². The molecule has 1 spiro atoms. The van der Waals surface area contributed by atoms with Crippen molar-refractivity contribution < 1.29 is 17.9 Å². The maximum Gasteiger partial charge on any atom is 0.425 e. The standard InChI is InChI=1S/C16H19F3N4OS/c1-9-6-15(7-11(20-9)12-8-23(2)22-21-12)14-10(3-4-24-15)5-13(25-14)16(17,18)19/h5,8-9,11,20H,3-4,6-7H2,1-2H3/t9-,11-,15-/m0/s1. The van der Waals surface area contributed by atoms with Crippen molar-refractivity contribution in [3.05, 3.63) is 33.3 Å². The minimum Gasteiger partial charge on any atom is -0.369 e. The van der Waals surface area contributed by atoms with Gasteiger partial charge in [-0.05, 0) is 31.4 Å². The van der Waals surface area contributed by atoms with Crippen molar-refractivity contribution in [1.29, 1.82) is 0 Å². The van der Waals surface area contributed by atoms with E-state index >= 15 is 0 Å². The van der Waals surface area contributed by atoms with Crippen molar-refractivity contribution in [1.82, 2.24) is 20.3 Å². The third kappa shape index (κ3) is 2.98. The number of thiophene rings is 1. The zero-order valence-electron chi connectivity index (χ0n) is 13.9. The van der Waals surface area contributed by atoms with Crippen LogP contribution in [0, 0.1) is 0 Å². The van der Waals surface area contributed by atoms with Crippen LogP contribution in [0.4, 0.5) is 13.2 Å². The topological polar surface area (TPSA) is 52.0 Å². The van der Waals surface area contributed by atoms with Gasteiger partial charge in [0.05, 0.1) is 18.3 Å². The van der Waals surface area contributed by atoms with Crippen LogP contribution in [0.25, 0.3) is 0 Å². The minimum atomic E-state index is -4.31. The van der Waals surface area contributed by atoms with E-state index in [1.54, 1.807) is 11.7 Å². The van der Waals surface area contributed by atoms with Crippen LogP contribution in [0.5, 0.6) is 0 Å². The number of aryl methyl sites for hydroxylation is 1. The molecule has 136 valence electrons. The van der Waals surface area contributed by atoms with Crippen molar-refractivity contribution >= 4 is 11.3 Å². The summed E-state index contributed by atoms with van der Waals surface area (Å²) in [6, 6.07) is 1.30. The summed E-state index contributed by atoms with van der Waals surface area (Å²) in [5, 5.41) is 11.6. The molecule has 0 saturated carbocycles. The number of aromatic nitrogens is 3. The Morgan fingerprint density at radius 3 is 2.88 bits per heavy atom. The van der Waals surface area contributed by atoms with Crippen molar-refractivity contribution in [2.45, 2.75) is 50.0 Å². The lowest BCUT2D eigenvalue weighted by Gasteiger charge is -2.45. The second kappa shape index (κ2) is 5.78. The molecule has 0 unspecified atom stereocenters. The van der Waals surface area contributed by atoms with E-state index in [9.17, 15) is 13.2 Å². The number of alkyl halides is 3. The summed E-state index contributed by atoms with van der Waals surface area (Å²) in [6.07, 6.45) is -0.745. The predicted molar refractivity (Wildman–Crippen MR) is 86.2 cm³/mol. The fourth-order valence-corrected chi connectivity index (χ4v) is 5.19. The van der Waals surface area contributed by atoms with Crippen molar-refractivity contribution in [3.63, 3.8) is 0 Å². The average molecular weight is 372 g/mol. The zero-order chi connectivity index (χ0) is 17.8. The zero-order valence-corrected chi connectivity index (χ0v) is 14.7. The lowest BCUT2D eigenvalue weighted by atomic mass is 9.79. The summed E-state index contributed by atoms with van der Waals surface area (Å²) < 4.78 is 47.3. The molecule has 1 saturated heterocycles. The minimum absolute atomic E-state index is 0.0974. The molecule has 25 heavy (non-hydrogen) atoms. The van der Waals surface area contributed by atoms with Gasteiger partial charge < -0.3 is 10.1 Å². The molecule has 9 heteroatoms. The van der Waals surface area contributed by atoms with Crippen LogP contribution in [0.2, 0.25) is 0 Å². The summed E-state index contributed by atoms with van der Waals surface area (Å²) in [5.41, 5.74) is 0.876. The Hall–Kier alpha value is -1.45. The molecule has 2 aromatic rings. The molecular formula is C16H19F3N4OS. The lowest BCUT2D eigenvalue weighted by Crippen LogP contribution is -2.49. The van der Waals surface area contributed by atoms with Crippen LogP contribution in [-0.4, -0.2) is 27.6 Å². The number of halogens is 3. The van der Waals surface area contributed by atoms with Crippen LogP contribution in [0.15, 0.2) is 12.3 Å². The number of nitrogens with zero attached hydrogens (tertiary/aromatic N) is 3. The number of ether oxygens (including phenoxy) is 1. The molecular weight excluding hydrogens is 353 g/mol. The molecule has 3 atom stereocenters. The molecule has 0 radical (unpaired) electrons. The first-order valence-electron chi connectivity index (χ1n) is 8.23.